The van der Waals surface area contributed by atoms with Crippen molar-refractivity contribution in [3.05, 3.63) is 76.6 Å². The molecule has 224 valence electrons. The van der Waals surface area contributed by atoms with Crippen molar-refractivity contribution in [1.82, 2.24) is 9.47 Å². The molecule has 2 aliphatic rings. The molecule has 1 unspecified atom stereocenters. The van der Waals surface area contributed by atoms with Crippen LogP contribution in [0.5, 0.6) is 11.5 Å². The van der Waals surface area contributed by atoms with Crippen molar-refractivity contribution in [1.29, 1.82) is 0 Å². The maximum absolute atomic E-state index is 13.6. The fourth-order valence-corrected chi connectivity index (χ4v) is 6.02. The third-order valence-electron chi connectivity index (χ3n) is 7.75. The van der Waals surface area contributed by atoms with Gasteiger partial charge in [-0.15, -0.1) is 0 Å². The van der Waals surface area contributed by atoms with Crippen molar-refractivity contribution in [2.45, 2.75) is 57.5 Å². The molecule has 0 saturated carbocycles. The van der Waals surface area contributed by atoms with Crippen molar-refractivity contribution in [2.75, 3.05) is 34.0 Å². The molecule has 2 aliphatic heterocycles. The average Bonchev–Trinajstić information content (AvgIpc) is 3.45. The zero-order valence-electron chi connectivity index (χ0n) is 24.2. The lowest BCUT2D eigenvalue weighted by atomic mass is 9.98. The number of hydrogen-bond acceptors (Lipinski definition) is 7. The molecule has 10 heteroatoms. The molecular formula is C32H37ClN2O7. The highest BCUT2D eigenvalue weighted by Crippen LogP contribution is 2.46. The molecule has 1 saturated heterocycles. The van der Waals surface area contributed by atoms with Crippen LogP contribution in [0.1, 0.15) is 68.1 Å². The summed E-state index contributed by atoms with van der Waals surface area (Å²) < 4.78 is 31.2. The first kappa shape index (κ1) is 29.9. The predicted octanol–water partition coefficient (Wildman–Crippen LogP) is 6.01. The molecule has 0 radical (unpaired) electrons. The van der Waals surface area contributed by atoms with Gasteiger partial charge in [0.15, 0.2) is 11.5 Å². The summed E-state index contributed by atoms with van der Waals surface area (Å²) in [6.07, 6.45) is 3.77. The largest absolute Gasteiger partial charge is 0.493 e. The lowest BCUT2D eigenvalue weighted by molar-refractivity contribution is -0.165. The number of para-hydroxylation sites is 1. The van der Waals surface area contributed by atoms with Crippen LogP contribution in [0.3, 0.4) is 0 Å². The van der Waals surface area contributed by atoms with E-state index < -0.39 is 24.4 Å². The number of carbonyl (C=O) groups is 2. The molecule has 3 atom stereocenters. The van der Waals surface area contributed by atoms with Gasteiger partial charge in [-0.05, 0) is 69.0 Å². The molecule has 9 nitrogen and oxygen atoms in total. The number of aromatic nitrogens is 1. The van der Waals surface area contributed by atoms with Crippen molar-refractivity contribution in [2.24, 2.45) is 0 Å². The summed E-state index contributed by atoms with van der Waals surface area (Å²) in [6, 6.07) is 15.5. The van der Waals surface area contributed by atoms with Crippen molar-refractivity contribution < 1.29 is 33.3 Å². The number of rotatable bonds is 10. The molecule has 3 aromatic rings. The summed E-state index contributed by atoms with van der Waals surface area (Å²) in [7, 11) is 3.21. The van der Waals surface area contributed by atoms with Gasteiger partial charge < -0.3 is 33.2 Å². The second kappa shape index (κ2) is 13.6. The Hall–Kier alpha value is -3.53. The number of piperidine rings is 1. The number of hydrogen-bond donors (Lipinski definition) is 0. The van der Waals surface area contributed by atoms with Crippen LogP contribution in [0.25, 0.3) is 5.69 Å². The number of nitrogens with zero attached hydrogens (tertiary/aromatic N) is 2. The quantitative estimate of drug-likeness (QED) is 0.265. The maximum atomic E-state index is 13.6. The van der Waals surface area contributed by atoms with Crippen LogP contribution in [0.2, 0.25) is 5.02 Å². The number of fused-ring (bicyclic) bond motifs is 3. The van der Waals surface area contributed by atoms with Crippen LogP contribution in [0.15, 0.2) is 54.7 Å². The van der Waals surface area contributed by atoms with E-state index in [4.69, 9.17) is 35.3 Å². The fourth-order valence-electron chi connectivity index (χ4n) is 5.84. The topological polar surface area (TPSA) is 88.5 Å². The molecule has 2 aromatic carbocycles. The number of halogens is 1. The van der Waals surface area contributed by atoms with Crippen LogP contribution >= 0.6 is 11.6 Å². The van der Waals surface area contributed by atoms with E-state index in [2.05, 4.69) is 4.57 Å². The van der Waals surface area contributed by atoms with Crippen molar-refractivity contribution in [3.8, 4) is 17.2 Å². The van der Waals surface area contributed by atoms with Gasteiger partial charge in [0.2, 0.25) is 5.91 Å². The Balaban J connectivity index is 1.42. The predicted molar refractivity (Wildman–Crippen MR) is 157 cm³/mol. The van der Waals surface area contributed by atoms with Crippen LogP contribution in [0, 0.1) is 0 Å². The van der Waals surface area contributed by atoms with E-state index >= 15 is 0 Å². The summed E-state index contributed by atoms with van der Waals surface area (Å²) in [4.78, 5) is 27.2. The van der Waals surface area contributed by atoms with Gasteiger partial charge in [0.25, 0.3) is 0 Å². The lowest BCUT2D eigenvalue weighted by Gasteiger charge is -2.35. The SMILES string of the molecule is CCOC(=O)COC1CCCCN1C(=O)CC[C@H]1O[C@H](c2cccc(OC)c2OC)c2cc(Cl)ccc2-n2cccc21. The molecule has 0 spiro atoms. The van der Waals surface area contributed by atoms with Gasteiger partial charge in [-0.3, -0.25) is 4.79 Å². The normalized spacial score (nSPS) is 19.8. The number of carbonyl (C=O) groups excluding carboxylic acids is 2. The van der Waals surface area contributed by atoms with Gasteiger partial charge in [-0.2, -0.15) is 0 Å². The van der Waals surface area contributed by atoms with E-state index in [1.165, 1.54) is 0 Å². The average molecular weight is 597 g/mol. The van der Waals surface area contributed by atoms with Crippen molar-refractivity contribution >= 4 is 23.5 Å². The van der Waals surface area contributed by atoms with Gasteiger partial charge in [0.1, 0.15) is 18.9 Å². The van der Waals surface area contributed by atoms with E-state index in [1.54, 1.807) is 26.0 Å². The Bertz CT molecular complexity index is 1410. The molecule has 0 N–H and O–H groups in total. The lowest BCUT2D eigenvalue weighted by Crippen LogP contribution is -2.46. The summed E-state index contributed by atoms with van der Waals surface area (Å²) in [6.45, 7) is 2.45. The zero-order chi connectivity index (χ0) is 29.6. The number of ether oxygens (including phenoxy) is 5. The van der Waals surface area contributed by atoms with Gasteiger partial charge in [0.05, 0.1) is 38.3 Å². The Morgan fingerprint density at radius 1 is 1.05 bits per heavy atom. The van der Waals surface area contributed by atoms with Gasteiger partial charge in [-0.1, -0.05) is 23.7 Å². The van der Waals surface area contributed by atoms with Crippen LogP contribution in [-0.2, 0) is 23.8 Å². The minimum Gasteiger partial charge on any atom is -0.493 e. The molecule has 1 fully saturated rings. The van der Waals surface area contributed by atoms with Crippen LogP contribution < -0.4 is 9.47 Å². The zero-order valence-corrected chi connectivity index (χ0v) is 25.0. The molecule has 0 bridgehead atoms. The fraction of sp³-hybridized carbons (Fsp3) is 0.438. The van der Waals surface area contributed by atoms with Crippen LogP contribution in [-0.4, -0.2) is 61.5 Å². The van der Waals surface area contributed by atoms with E-state index in [-0.39, 0.29) is 25.5 Å². The van der Waals surface area contributed by atoms with E-state index in [9.17, 15) is 9.59 Å². The highest BCUT2D eigenvalue weighted by Gasteiger charge is 2.34. The number of esters is 1. The molecular weight excluding hydrogens is 560 g/mol. The van der Waals surface area contributed by atoms with Crippen LogP contribution in [0.4, 0.5) is 0 Å². The highest BCUT2D eigenvalue weighted by atomic mass is 35.5. The smallest absolute Gasteiger partial charge is 0.332 e. The molecule has 5 rings (SSSR count). The summed E-state index contributed by atoms with van der Waals surface area (Å²) in [5, 5.41) is 0.588. The second-order valence-corrected chi connectivity index (χ2v) is 10.7. The Kier molecular flexibility index (Phi) is 9.72. The monoisotopic (exact) mass is 596 g/mol. The summed E-state index contributed by atoms with van der Waals surface area (Å²) in [5.74, 6) is 0.705. The minimum absolute atomic E-state index is 0.0365. The second-order valence-electron chi connectivity index (χ2n) is 10.3. The number of amides is 1. The Labute approximate surface area is 251 Å². The van der Waals surface area contributed by atoms with E-state index in [0.29, 0.717) is 35.9 Å². The molecule has 3 heterocycles. The summed E-state index contributed by atoms with van der Waals surface area (Å²) >= 11 is 6.51. The van der Waals surface area contributed by atoms with E-state index in [0.717, 1.165) is 35.3 Å². The van der Waals surface area contributed by atoms with Gasteiger partial charge in [-0.25, -0.2) is 4.79 Å². The Morgan fingerprint density at radius 3 is 2.69 bits per heavy atom. The van der Waals surface area contributed by atoms with E-state index in [1.807, 2.05) is 54.7 Å². The molecule has 42 heavy (non-hydrogen) atoms. The van der Waals surface area contributed by atoms with Crippen molar-refractivity contribution in [3.63, 3.8) is 0 Å². The summed E-state index contributed by atoms with van der Waals surface area (Å²) in [5.41, 5.74) is 3.55. The minimum atomic E-state index is -0.542. The number of likely N-dealkylation sites (tertiary alicyclic amines) is 1. The first-order valence-electron chi connectivity index (χ1n) is 14.3. The maximum Gasteiger partial charge on any atom is 0.332 e. The van der Waals surface area contributed by atoms with Gasteiger partial charge >= 0.3 is 5.97 Å². The first-order valence-corrected chi connectivity index (χ1v) is 14.7. The number of benzene rings is 2. The molecule has 1 aromatic heterocycles. The number of methoxy groups -OCH3 is 2. The molecule has 0 aliphatic carbocycles. The van der Waals surface area contributed by atoms with Gasteiger partial charge in [0, 0.05) is 35.3 Å². The Morgan fingerprint density at radius 2 is 1.90 bits per heavy atom. The third kappa shape index (κ3) is 6.28. The first-order chi connectivity index (χ1) is 20.4. The standard InChI is InChI=1S/C32H37ClN2O7/c1-4-40-30(37)20-41-29-12-5-6-17-35(29)28(36)16-15-26-25-10-8-18-34(25)24-14-13-21(33)19-23(24)31(42-26)22-9-7-11-27(38-2)32(22)39-3/h7-11,13-14,18-19,26,29,31H,4-6,12,15-17,20H2,1-3H3/t26-,29?,31-/m1/s1. The highest BCUT2D eigenvalue weighted by molar-refractivity contribution is 6.30. The molecule has 1 amide bonds. The third-order valence-corrected chi connectivity index (χ3v) is 7.98.